The highest BCUT2D eigenvalue weighted by atomic mass is 32.2. The number of nitrogens with zero attached hydrogens (tertiary/aromatic N) is 1. The molecule has 0 aliphatic heterocycles. The second kappa shape index (κ2) is 5.81. The van der Waals surface area contributed by atoms with Crippen molar-refractivity contribution in [1.29, 1.82) is 0 Å². The summed E-state index contributed by atoms with van der Waals surface area (Å²) in [5.74, 6) is 0.716. The fourth-order valence-corrected chi connectivity index (χ4v) is 3.34. The van der Waals surface area contributed by atoms with E-state index in [1.54, 1.807) is 30.3 Å². The highest BCUT2D eigenvalue weighted by molar-refractivity contribution is 7.92. The van der Waals surface area contributed by atoms with Crippen LogP contribution >= 0.6 is 0 Å². The zero-order valence-electron chi connectivity index (χ0n) is 12.4. The first-order valence-corrected chi connectivity index (χ1v) is 8.13. The van der Waals surface area contributed by atoms with Gasteiger partial charge in [-0.05, 0) is 24.3 Å². The molecule has 7 nitrogen and oxygen atoms in total. The second-order valence-electron chi connectivity index (χ2n) is 4.65. The Labute approximate surface area is 132 Å². The Hall–Kier alpha value is -2.74. The predicted molar refractivity (Wildman–Crippen MR) is 84.4 cm³/mol. The molecule has 0 unspecified atom stereocenters. The van der Waals surface area contributed by atoms with Crippen LogP contribution in [-0.4, -0.2) is 27.8 Å². The Balaban J connectivity index is 2.05. The number of benzene rings is 2. The Bertz CT molecular complexity index is 949. The fourth-order valence-electron chi connectivity index (χ4n) is 2.14. The normalized spacial score (nSPS) is 11.4. The summed E-state index contributed by atoms with van der Waals surface area (Å²) in [6, 6.07) is 11.5. The van der Waals surface area contributed by atoms with E-state index in [1.807, 2.05) is 0 Å². The molecule has 0 amide bonds. The summed E-state index contributed by atoms with van der Waals surface area (Å²) >= 11 is 0. The molecule has 0 radical (unpaired) electrons. The molecule has 8 heteroatoms. The maximum absolute atomic E-state index is 12.7. The maximum atomic E-state index is 12.7. The second-order valence-corrected chi connectivity index (χ2v) is 6.30. The van der Waals surface area contributed by atoms with Gasteiger partial charge in [0.25, 0.3) is 10.0 Å². The number of fused-ring (bicyclic) bond motifs is 1. The van der Waals surface area contributed by atoms with Crippen LogP contribution in [0.3, 0.4) is 0 Å². The van der Waals surface area contributed by atoms with Crippen LogP contribution in [0, 0.1) is 0 Å². The van der Waals surface area contributed by atoms with Gasteiger partial charge in [-0.2, -0.15) is 0 Å². The van der Waals surface area contributed by atoms with E-state index < -0.39 is 10.0 Å². The molecule has 3 rings (SSSR count). The quantitative estimate of drug-likeness (QED) is 0.771. The summed E-state index contributed by atoms with van der Waals surface area (Å²) in [7, 11) is -1.08. The van der Waals surface area contributed by atoms with E-state index in [9.17, 15) is 8.42 Å². The fraction of sp³-hybridized carbons (Fsp3) is 0.133. The van der Waals surface area contributed by atoms with Gasteiger partial charge >= 0.3 is 0 Å². The van der Waals surface area contributed by atoms with Crippen LogP contribution in [0.25, 0.3) is 11.0 Å². The third-order valence-corrected chi connectivity index (χ3v) is 4.63. The standard InChI is InChI=1S/C15H14N2O5S/c1-20-10-7-8-13(21-2)14(9-10)23(18,19)17-15-11-5-3-4-6-12(11)22-16-15/h3-9H,1-2H3,(H,16,17). The lowest BCUT2D eigenvalue weighted by molar-refractivity contribution is 0.392. The van der Waals surface area contributed by atoms with Gasteiger partial charge in [-0.15, -0.1) is 0 Å². The number of anilines is 1. The third-order valence-electron chi connectivity index (χ3n) is 3.27. The van der Waals surface area contributed by atoms with E-state index in [0.29, 0.717) is 16.7 Å². The van der Waals surface area contributed by atoms with Crippen LogP contribution in [0.2, 0.25) is 0 Å². The number of hydrogen-bond donors (Lipinski definition) is 1. The molecule has 0 spiro atoms. The number of ether oxygens (including phenoxy) is 2. The molecule has 2 aromatic carbocycles. The Morgan fingerprint density at radius 1 is 1.09 bits per heavy atom. The zero-order valence-corrected chi connectivity index (χ0v) is 13.3. The molecule has 1 N–H and O–H groups in total. The van der Waals surface area contributed by atoms with Gasteiger partial charge < -0.3 is 14.0 Å². The zero-order chi connectivity index (χ0) is 16.4. The van der Waals surface area contributed by atoms with E-state index in [2.05, 4.69) is 9.88 Å². The van der Waals surface area contributed by atoms with E-state index in [4.69, 9.17) is 14.0 Å². The van der Waals surface area contributed by atoms with Gasteiger partial charge in [-0.25, -0.2) is 8.42 Å². The molecular formula is C15H14N2O5S. The Kier molecular flexibility index (Phi) is 3.83. The molecule has 0 bridgehead atoms. The van der Waals surface area contributed by atoms with Crippen LogP contribution in [0.1, 0.15) is 0 Å². The number of para-hydroxylation sites is 1. The summed E-state index contributed by atoms with van der Waals surface area (Å²) in [5, 5.41) is 4.33. The molecule has 1 aromatic heterocycles. The molecule has 0 saturated carbocycles. The summed E-state index contributed by atoms with van der Waals surface area (Å²) in [5.41, 5.74) is 0.489. The molecule has 120 valence electrons. The minimum atomic E-state index is -3.93. The molecule has 0 fully saturated rings. The number of rotatable bonds is 5. The van der Waals surface area contributed by atoms with Crippen molar-refractivity contribution in [3.8, 4) is 11.5 Å². The third kappa shape index (κ3) is 2.80. The number of aromatic nitrogens is 1. The average molecular weight is 334 g/mol. The summed E-state index contributed by atoms with van der Waals surface area (Å²) in [6.07, 6.45) is 0. The smallest absolute Gasteiger partial charge is 0.266 e. The number of nitrogens with one attached hydrogen (secondary N) is 1. The number of sulfonamides is 1. The Morgan fingerprint density at radius 3 is 2.61 bits per heavy atom. The first kappa shape index (κ1) is 15.2. The SMILES string of the molecule is COc1ccc(OC)c(S(=O)(=O)Nc2noc3ccccc23)c1. The van der Waals surface area contributed by atoms with Gasteiger partial charge in [0.15, 0.2) is 11.4 Å². The van der Waals surface area contributed by atoms with Crippen LogP contribution in [-0.2, 0) is 10.0 Å². The van der Waals surface area contributed by atoms with Crippen LogP contribution in [0.15, 0.2) is 51.9 Å². The van der Waals surface area contributed by atoms with E-state index in [0.717, 1.165) is 0 Å². The van der Waals surface area contributed by atoms with Gasteiger partial charge in [0, 0.05) is 6.07 Å². The van der Waals surface area contributed by atoms with Crippen molar-refractivity contribution < 1.29 is 22.4 Å². The number of methoxy groups -OCH3 is 2. The lowest BCUT2D eigenvalue weighted by atomic mass is 10.2. The maximum Gasteiger partial charge on any atom is 0.266 e. The summed E-state index contributed by atoms with van der Waals surface area (Å²) < 4.78 is 43.0. The van der Waals surface area contributed by atoms with Gasteiger partial charge in [-0.1, -0.05) is 17.3 Å². The highest BCUT2D eigenvalue weighted by Crippen LogP contribution is 2.31. The van der Waals surface area contributed by atoms with Crippen LogP contribution in [0.4, 0.5) is 5.82 Å². The van der Waals surface area contributed by atoms with E-state index in [-0.39, 0.29) is 16.5 Å². The van der Waals surface area contributed by atoms with Crippen LogP contribution < -0.4 is 14.2 Å². The van der Waals surface area contributed by atoms with Crippen molar-refractivity contribution in [2.45, 2.75) is 4.90 Å². The van der Waals surface area contributed by atoms with Crippen molar-refractivity contribution >= 4 is 26.8 Å². The molecule has 0 atom stereocenters. The van der Waals surface area contributed by atoms with Gasteiger partial charge in [0.1, 0.15) is 16.4 Å². The highest BCUT2D eigenvalue weighted by Gasteiger charge is 2.23. The largest absolute Gasteiger partial charge is 0.497 e. The monoisotopic (exact) mass is 334 g/mol. The molecule has 1 heterocycles. The lowest BCUT2D eigenvalue weighted by Gasteiger charge is -2.11. The topological polar surface area (TPSA) is 90.7 Å². The van der Waals surface area contributed by atoms with Crippen molar-refractivity contribution in [2.75, 3.05) is 18.9 Å². The van der Waals surface area contributed by atoms with Gasteiger partial charge in [-0.3, -0.25) is 4.72 Å². The summed E-state index contributed by atoms with van der Waals surface area (Å²) in [4.78, 5) is -0.0496. The van der Waals surface area contributed by atoms with Crippen molar-refractivity contribution in [2.24, 2.45) is 0 Å². The van der Waals surface area contributed by atoms with Crippen molar-refractivity contribution in [3.63, 3.8) is 0 Å². The molecule has 0 saturated heterocycles. The molecule has 23 heavy (non-hydrogen) atoms. The van der Waals surface area contributed by atoms with Crippen molar-refractivity contribution in [1.82, 2.24) is 5.16 Å². The minimum absolute atomic E-state index is 0.0496. The van der Waals surface area contributed by atoms with E-state index >= 15 is 0 Å². The molecule has 3 aromatic rings. The minimum Gasteiger partial charge on any atom is -0.497 e. The average Bonchev–Trinajstić information content (AvgIpc) is 2.97. The van der Waals surface area contributed by atoms with Crippen LogP contribution in [0.5, 0.6) is 11.5 Å². The molecule has 0 aliphatic rings. The van der Waals surface area contributed by atoms with Gasteiger partial charge in [0.2, 0.25) is 0 Å². The lowest BCUT2D eigenvalue weighted by Crippen LogP contribution is -2.14. The molecule has 0 aliphatic carbocycles. The van der Waals surface area contributed by atoms with Crippen molar-refractivity contribution in [3.05, 3.63) is 42.5 Å². The number of hydrogen-bond acceptors (Lipinski definition) is 6. The summed E-state index contributed by atoms with van der Waals surface area (Å²) in [6.45, 7) is 0. The predicted octanol–water partition coefficient (Wildman–Crippen LogP) is 2.65. The Morgan fingerprint density at radius 2 is 1.87 bits per heavy atom. The first-order chi connectivity index (χ1) is 11.0. The van der Waals surface area contributed by atoms with E-state index in [1.165, 1.54) is 26.4 Å². The molecular weight excluding hydrogens is 320 g/mol. The van der Waals surface area contributed by atoms with Gasteiger partial charge in [0.05, 0.1) is 19.6 Å². The first-order valence-electron chi connectivity index (χ1n) is 6.64.